The number of amides is 1. The number of aryl methyl sites for hydroxylation is 1. The predicted octanol–water partition coefficient (Wildman–Crippen LogP) is 0.913. The zero-order valence-corrected chi connectivity index (χ0v) is 14.3. The number of fused-ring (bicyclic) bond motifs is 1. The number of rotatable bonds is 9. The third kappa shape index (κ3) is 4.21. The number of nitrogens with one attached hydrogen (secondary N) is 2. The van der Waals surface area contributed by atoms with Gasteiger partial charge in [0.1, 0.15) is 11.1 Å². The quantitative estimate of drug-likeness (QED) is 0.660. The van der Waals surface area contributed by atoms with E-state index < -0.39 is 5.56 Å². The molecular weight excluding hydrogens is 312 g/mol. The molecule has 132 valence electrons. The minimum atomic E-state index is -0.391. The summed E-state index contributed by atoms with van der Waals surface area (Å²) in [6.45, 7) is 10.1. The van der Waals surface area contributed by atoms with E-state index in [1.54, 1.807) is 6.92 Å². The number of aromatic nitrogens is 2. The Bertz CT molecular complexity index is 733. The van der Waals surface area contributed by atoms with E-state index in [4.69, 9.17) is 9.15 Å². The molecule has 2 N–H and O–H groups in total. The molecule has 2 aromatic rings. The number of nitrogens with zero attached hydrogens (tertiary/aromatic N) is 2. The predicted molar refractivity (Wildman–Crippen MR) is 90.3 cm³/mol. The van der Waals surface area contributed by atoms with Crippen LogP contribution >= 0.6 is 0 Å². The number of hydrogen-bond acceptors (Lipinski definition) is 6. The van der Waals surface area contributed by atoms with Crippen molar-refractivity contribution in [2.45, 2.75) is 20.8 Å². The van der Waals surface area contributed by atoms with Crippen LogP contribution in [-0.4, -0.2) is 60.2 Å². The highest BCUT2D eigenvalue weighted by Gasteiger charge is 2.21. The maximum Gasteiger partial charge on any atom is 0.262 e. The molecule has 0 atom stereocenters. The van der Waals surface area contributed by atoms with Crippen molar-refractivity contribution < 1.29 is 13.9 Å². The van der Waals surface area contributed by atoms with Gasteiger partial charge in [-0.15, -0.1) is 0 Å². The maximum absolute atomic E-state index is 12.3. The molecule has 0 aliphatic carbocycles. The van der Waals surface area contributed by atoms with Crippen molar-refractivity contribution in [3.05, 3.63) is 28.0 Å². The van der Waals surface area contributed by atoms with Gasteiger partial charge in [-0.25, -0.2) is 4.98 Å². The molecule has 2 rings (SSSR count). The summed E-state index contributed by atoms with van der Waals surface area (Å²) in [6, 6.07) is 0. The Balaban J connectivity index is 1.86. The van der Waals surface area contributed by atoms with Crippen molar-refractivity contribution >= 4 is 17.0 Å². The van der Waals surface area contributed by atoms with Gasteiger partial charge in [0.05, 0.1) is 25.1 Å². The minimum Gasteiger partial charge on any atom is -0.442 e. The van der Waals surface area contributed by atoms with Gasteiger partial charge in [0.15, 0.2) is 0 Å². The number of aromatic amines is 1. The second-order valence-electron chi connectivity index (χ2n) is 5.34. The van der Waals surface area contributed by atoms with Crippen LogP contribution < -0.4 is 10.9 Å². The molecule has 0 spiro atoms. The average molecular weight is 336 g/mol. The first-order valence-electron chi connectivity index (χ1n) is 8.13. The van der Waals surface area contributed by atoms with Gasteiger partial charge in [-0.2, -0.15) is 0 Å². The third-order valence-electron chi connectivity index (χ3n) is 3.88. The summed E-state index contributed by atoms with van der Waals surface area (Å²) < 4.78 is 10.9. The van der Waals surface area contributed by atoms with Crippen molar-refractivity contribution in [3.63, 3.8) is 0 Å². The van der Waals surface area contributed by atoms with Crippen LogP contribution in [0.5, 0.6) is 0 Å². The van der Waals surface area contributed by atoms with E-state index >= 15 is 0 Å². The maximum atomic E-state index is 12.3. The molecule has 0 aromatic carbocycles. The minimum absolute atomic E-state index is 0.164. The zero-order valence-electron chi connectivity index (χ0n) is 14.3. The first-order chi connectivity index (χ1) is 11.6. The normalized spacial score (nSPS) is 11.3. The Morgan fingerprint density at radius 2 is 2.12 bits per heavy atom. The summed E-state index contributed by atoms with van der Waals surface area (Å²) in [4.78, 5) is 32.8. The molecule has 0 radical (unpaired) electrons. The largest absolute Gasteiger partial charge is 0.442 e. The van der Waals surface area contributed by atoms with E-state index in [0.717, 1.165) is 19.6 Å². The van der Waals surface area contributed by atoms with Crippen molar-refractivity contribution in [1.29, 1.82) is 0 Å². The smallest absolute Gasteiger partial charge is 0.262 e. The van der Waals surface area contributed by atoms with E-state index in [2.05, 4.69) is 34.0 Å². The molecule has 8 nitrogen and oxygen atoms in total. The first-order valence-corrected chi connectivity index (χ1v) is 8.13. The second kappa shape index (κ2) is 8.60. The Morgan fingerprint density at radius 1 is 1.38 bits per heavy atom. The molecule has 0 saturated carbocycles. The van der Waals surface area contributed by atoms with Crippen molar-refractivity contribution in [3.8, 4) is 0 Å². The van der Waals surface area contributed by atoms with Crippen LogP contribution in [0.2, 0.25) is 0 Å². The summed E-state index contributed by atoms with van der Waals surface area (Å²) in [5.74, 6) is 0.00578. The lowest BCUT2D eigenvalue weighted by Crippen LogP contribution is -2.30. The first kappa shape index (κ1) is 18.2. The van der Waals surface area contributed by atoms with E-state index in [1.165, 1.54) is 6.33 Å². The number of carbonyl (C=O) groups excluding carboxylic acids is 1. The lowest BCUT2D eigenvalue weighted by atomic mass is 10.2. The van der Waals surface area contributed by atoms with Crippen LogP contribution in [-0.2, 0) is 4.74 Å². The van der Waals surface area contributed by atoms with Crippen LogP contribution in [0.1, 0.15) is 30.0 Å². The van der Waals surface area contributed by atoms with Gasteiger partial charge in [0.2, 0.25) is 5.71 Å². The van der Waals surface area contributed by atoms with Crippen LogP contribution in [0.3, 0.4) is 0 Å². The lowest BCUT2D eigenvalue weighted by molar-refractivity contribution is 0.0884. The van der Waals surface area contributed by atoms with Gasteiger partial charge in [0.25, 0.3) is 11.5 Å². The highest BCUT2D eigenvalue weighted by molar-refractivity contribution is 6.06. The number of H-pyrrole nitrogens is 1. The molecule has 0 aliphatic rings. The Hall–Kier alpha value is -2.19. The fourth-order valence-corrected chi connectivity index (χ4v) is 2.49. The molecule has 1 amide bonds. The van der Waals surface area contributed by atoms with Crippen LogP contribution in [0.15, 0.2) is 15.5 Å². The topological polar surface area (TPSA) is 100 Å². The molecule has 2 aromatic heterocycles. The molecule has 0 saturated heterocycles. The summed E-state index contributed by atoms with van der Waals surface area (Å²) >= 11 is 0. The third-order valence-corrected chi connectivity index (χ3v) is 3.88. The van der Waals surface area contributed by atoms with E-state index in [0.29, 0.717) is 25.5 Å². The molecule has 2 heterocycles. The Kier molecular flexibility index (Phi) is 6.51. The zero-order chi connectivity index (χ0) is 17.5. The fraction of sp³-hybridized carbons (Fsp3) is 0.562. The SMILES string of the molecule is CCN(CC)CCOCCNC(=O)c1c(C)oc2nc[nH]c(=O)c12. The molecule has 24 heavy (non-hydrogen) atoms. The molecule has 0 unspecified atom stereocenters. The lowest BCUT2D eigenvalue weighted by Gasteiger charge is -2.17. The molecular formula is C16H24N4O4. The summed E-state index contributed by atoms with van der Waals surface area (Å²) in [7, 11) is 0. The number of carbonyl (C=O) groups is 1. The number of furan rings is 1. The van der Waals surface area contributed by atoms with Crippen molar-refractivity contribution in [2.75, 3.05) is 39.4 Å². The number of likely N-dealkylation sites (N-methyl/N-ethyl adjacent to an activating group) is 1. The van der Waals surface area contributed by atoms with E-state index in [1.807, 2.05) is 0 Å². The van der Waals surface area contributed by atoms with E-state index in [9.17, 15) is 9.59 Å². The van der Waals surface area contributed by atoms with Gasteiger partial charge in [0, 0.05) is 13.1 Å². The monoisotopic (exact) mass is 336 g/mol. The fourth-order valence-electron chi connectivity index (χ4n) is 2.49. The summed E-state index contributed by atoms with van der Waals surface area (Å²) in [5.41, 5.74) is -0.00293. The standard InChI is InChI=1S/C16H24N4O4/c1-4-20(5-2)7-9-23-8-6-17-14(21)12-11(3)24-16-13(12)15(22)18-10-19-16/h10H,4-9H2,1-3H3,(H,17,21)(H,18,19,22). The van der Waals surface area contributed by atoms with Crippen molar-refractivity contribution in [2.24, 2.45) is 0 Å². The highest BCUT2D eigenvalue weighted by Crippen LogP contribution is 2.19. The van der Waals surface area contributed by atoms with Gasteiger partial charge in [-0.3, -0.25) is 9.59 Å². The Morgan fingerprint density at radius 3 is 2.83 bits per heavy atom. The molecule has 0 fully saturated rings. The second-order valence-corrected chi connectivity index (χ2v) is 5.34. The van der Waals surface area contributed by atoms with E-state index in [-0.39, 0.29) is 22.6 Å². The van der Waals surface area contributed by atoms with Gasteiger partial charge in [-0.1, -0.05) is 13.8 Å². The number of hydrogen-bond donors (Lipinski definition) is 2. The Labute approximate surface area is 140 Å². The van der Waals surface area contributed by atoms with Gasteiger partial charge in [-0.05, 0) is 20.0 Å². The van der Waals surface area contributed by atoms with Crippen LogP contribution in [0.4, 0.5) is 0 Å². The van der Waals surface area contributed by atoms with Gasteiger partial charge < -0.3 is 24.4 Å². The molecule has 8 heteroatoms. The summed E-state index contributed by atoms with van der Waals surface area (Å²) in [5, 5.41) is 2.92. The van der Waals surface area contributed by atoms with Crippen LogP contribution in [0.25, 0.3) is 11.1 Å². The average Bonchev–Trinajstić information content (AvgIpc) is 2.91. The number of ether oxygens (including phenoxy) is 1. The van der Waals surface area contributed by atoms with Crippen molar-refractivity contribution in [1.82, 2.24) is 20.2 Å². The molecule has 0 aliphatic heterocycles. The molecule has 0 bridgehead atoms. The van der Waals surface area contributed by atoms with Crippen LogP contribution in [0, 0.1) is 6.92 Å². The van der Waals surface area contributed by atoms with Gasteiger partial charge >= 0.3 is 0 Å². The summed E-state index contributed by atoms with van der Waals surface area (Å²) in [6.07, 6.45) is 1.25. The highest BCUT2D eigenvalue weighted by atomic mass is 16.5.